The van der Waals surface area contributed by atoms with Crippen LogP contribution in [-0.2, 0) is 11.3 Å². The number of amides is 2. The van der Waals surface area contributed by atoms with Gasteiger partial charge in [-0.05, 0) is 63.4 Å². The number of para-hydroxylation sites is 2. The van der Waals surface area contributed by atoms with Crippen LogP contribution in [-0.4, -0.2) is 44.1 Å². The van der Waals surface area contributed by atoms with E-state index in [-0.39, 0.29) is 24.5 Å². The van der Waals surface area contributed by atoms with E-state index in [4.69, 9.17) is 4.74 Å². The molecule has 0 unspecified atom stereocenters. The largest absolute Gasteiger partial charge is 0.482 e. The molecule has 0 radical (unpaired) electrons. The smallest absolute Gasteiger partial charge is 0.265 e. The number of hydrogen-bond acceptors (Lipinski definition) is 3. The first-order chi connectivity index (χ1) is 15.0. The van der Waals surface area contributed by atoms with Crippen molar-refractivity contribution in [2.75, 3.05) is 31.1 Å². The third-order valence-electron chi connectivity index (χ3n) is 5.91. The third kappa shape index (κ3) is 6.07. The van der Waals surface area contributed by atoms with Crippen molar-refractivity contribution in [1.82, 2.24) is 5.32 Å². The van der Waals surface area contributed by atoms with Gasteiger partial charge in [-0.1, -0.05) is 24.3 Å². The number of ether oxygens (including phenoxy) is 1. The number of quaternary nitrogens is 1. The summed E-state index contributed by atoms with van der Waals surface area (Å²) in [5.41, 5.74) is 2.39. The third-order valence-corrected chi connectivity index (χ3v) is 5.91. The number of carbonyl (C=O) groups excluding carboxylic acids is 2. The Kier molecular flexibility index (Phi) is 8.06. The molecule has 0 aliphatic carbocycles. The maximum Gasteiger partial charge on any atom is 0.265 e. The zero-order chi connectivity index (χ0) is 22.2. The fourth-order valence-corrected chi connectivity index (χ4v) is 3.91. The number of nitrogens with zero attached hydrogens (tertiary/aromatic N) is 1. The fraction of sp³-hybridized carbons (Fsp3) is 0.440. The number of fused-ring (bicyclic) bond motifs is 1. The molecular weight excluding hydrogens is 390 g/mol. The van der Waals surface area contributed by atoms with Gasteiger partial charge in [0.15, 0.2) is 6.61 Å². The summed E-state index contributed by atoms with van der Waals surface area (Å²) in [7, 11) is 0. The number of rotatable bonds is 10. The summed E-state index contributed by atoms with van der Waals surface area (Å²) in [6, 6.07) is 15.2. The summed E-state index contributed by atoms with van der Waals surface area (Å²) in [6.07, 6.45) is 2.08. The molecule has 1 aliphatic rings. The van der Waals surface area contributed by atoms with Crippen molar-refractivity contribution in [2.24, 2.45) is 0 Å². The Morgan fingerprint density at radius 2 is 1.84 bits per heavy atom. The lowest BCUT2D eigenvalue weighted by Crippen LogP contribution is -3.11. The highest BCUT2D eigenvalue weighted by atomic mass is 16.5. The highest BCUT2D eigenvalue weighted by Gasteiger charge is 2.25. The molecule has 6 nitrogen and oxygen atoms in total. The molecule has 1 atom stereocenters. The molecule has 0 bridgehead atoms. The van der Waals surface area contributed by atoms with Crippen molar-refractivity contribution >= 4 is 17.5 Å². The Hall–Kier alpha value is -2.86. The van der Waals surface area contributed by atoms with Gasteiger partial charge in [-0.25, -0.2) is 0 Å². The summed E-state index contributed by atoms with van der Waals surface area (Å²) < 4.78 is 5.50. The molecule has 2 N–H and O–H groups in total. The highest BCUT2D eigenvalue weighted by molar-refractivity contribution is 5.98. The minimum Gasteiger partial charge on any atom is -0.482 e. The van der Waals surface area contributed by atoms with Gasteiger partial charge < -0.3 is 19.9 Å². The molecule has 0 saturated carbocycles. The topological polar surface area (TPSA) is 63.1 Å². The monoisotopic (exact) mass is 424 g/mol. The zero-order valence-corrected chi connectivity index (χ0v) is 18.8. The second-order valence-corrected chi connectivity index (χ2v) is 8.16. The van der Waals surface area contributed by atoms with Gasteiger partial charge in [0, 0.05) is 11.6 Å². The van der Waals surface area contributed by atoms with Crippen LogP contribution in [0.2, 0.25) is 0 Å². The summed E-state index contributed by atoms with van der Waals surface area (Å²) >= 11 is 0. The van der Waals surface area contributed by atoms with Crippen LogP contribution in [0.5, 0.6) is 5.75 Å². The van der Waals surface area contributed by atoms with Crippen molar-refractivity contribution in [3.63, 3.8) is 0 Å². The number of hydrogen-bond donors (Lipinski definition) is 2. The van der Waals surface area contributed by atoms with Gasteiger partial charge in [0.05, 0.1) is 31.9 Å². The highest BCUT2D eigenvalue weighted by Crippen LogP contribution is 2.32. The minimum atomic E-state index is -0.0686. The lowest BCUT2D eigenvalue weighted by molar-refractivity contribution is -0.896. The molecule has 0 spiro atoms. The summed E-state index contributed by atoms with van der Waals surface area (Å²) in [5.74, 6) is 0.595. The van der Waals surface area contributed by atoms with E-state index < -0.39 is 0 Å². The van der Waals surface area contributed by atoms with Gasteiger partial charge >= 0.3 is 0 Å². The van der Waals surface area contributed by atoms with Gasteiger partial charge in [0.1, 0.15) is 5.75 Å². The predicted octanol–water partition coefficient (Wildman–Crippen LogP) is 2.44. The van der Waals surface area contributed by atoms with Crippen LogP contribution in [0.3, 0.4) is 0 Å². The van der Waals surface area contributed by atoms with Gasteiger partial charge in [0.2, 0.25) is 0 Å². The zero-order valence-electron chi connectivity index (χ0n) is 18.8. The average molecular weight is 425 g/mol. The molecule has 6 heteroatoms. The second kappa shape index (κ2) is 11.0. The Labute approximate surface area is 185 Å². The minimum absolute atomic E-state index is 0.0468. The van der Waals surface area contributed by atoms with E-state index in [9.17, 15) is 9.59 Å². The van der Waals surface area contributed by atoms with Crippen molar-refractivity contribution in [1.29, 1.82) is 0 Å². The Balaban J connectivity index is 1.54. The summed E-state index contributed by atoms with van der Waals surface area (Å²) in [6.45, 7) is 10.4. The van der Waals surface area contributed by atoms with Crippen LogP contribution in [0.4, 0.5) is 5.69 Å². The van der Waals surface area contributed by atoms with Crippen LogP contribution in [0.25, 0.3) is 0 Å². The lowest BCUT2D eigenvalue weighted by atomic mass is 10.1. The molecule has 31 heavy (non-hydrogen) atoms. The standard InChI is InChI=1S/C25H33N3O3/c1-4-27(5-2)16-8-9-19(3)26-25(30)21-14-12-20(13-15-21)17-28-22-10-6-7-11-23(22)31-18-24(28)29/h6-7,10-15,19H,4-5,8-9,16-18H2,1-3H3,(H,26,30)/p+1/t19-/m1/s1. The van der Waals surface area contributed by atoms with E-state index in [2.05, 4.69) is 26.1 Å². The maximum atomic E-state index is 12.6. The van der Waals surface area contributed by atoms with Crippen LogP contribution in [0.1, 0.15) is 49.5 Å². The van der Waals surface area contributed by atoms with E-state index in [0.717, 1.165) is 49.5 Å². The first-order valence-electron chi connectivity index (χ1n) is 11.3. The maximum absolute atomic E-state index is 12.6. The molecule has 1 aliphatic heterocycles. The number of carbonyl (C=O) groups is 2. The van der Waals surface area contributed by atoms with Crippen LogP contribution < -0.4 is 19.9 Å². The second-order valence-electron chi connectivity index (χ2n) is 8.16. The SMILES string of the molecule is CC[NH+](CC)CCC[C@@H](C)NC(=O)c1ccc(CN2C(=O)COc3ccccc32)cc1. The molecule has 0 saturated heterocycles. The van der Waals surface area contributed by atoms with Gasteiger partial charge in [-0.3, -0.25) is 9.59 Å². The quantitative estimate of drug-likeness (QED) is 0.616. The molecule has 3 rings (SSSR count). The van der Waals surface area contributed by atoms with Crippen molar-refractivity contribution in [2.45, 2.75) is 46.2 Å². The number of anilines is 1. The first-order valence-corrected chi connectivity index (χ1v) is 11.3. The van der Waals surface area contributed by atoms with Crippen LogP contribution >= 0.6 is 0 Å². The predicted molar refractivity (Wildman–Crippen MR) is 123 cm³/mol. The lowest BCUT2D eigenvalue weighted by Gasteiger charge is -2.29. The summed E-state index contributed by atoms with van der Waals surface area (Å²) in [5, 5.41) is 3.10. The van der Waals surface area contributed by atoms with E-state index in [0.29, 0.717) is 12.1 Å². The van der Waals surface area contributed by atoms with E-state index in [1.807, 2.05) is 48.5 Å². The number of nitrogens with one attached hydrogen (secondary N) is 2. The normalized spacial score (nSPS) is 14.2. The summed E-state index contributed by atoms with van der Waals surface area (Å²) in [4.78, 5) is 28.3. The van der Waals surface area contributed by atoms with Gasteiger partial charge in [-0.2, -0.15) is 0 Å². The molecule has 0 aromatic heterocycles. The van der Waals surface area contributed by atoms with E-state index >= 15 is 0 Å². The molecule has 2 aromatic rings. The van der Waals surface area contributed by atoms with Crippen molar-refractivity contribution < 1.29 is 19.2 Å². The van der Waals surface area contributed by atoms with Gasteiger partial charge in [0.25, 0.3) is 11.8 Å². The first kappa shape index (κ1) is 22.8. The Morgan fingerprint density at radius 1 is 1.13 bits per heavy atom. The van der Waals surface area contributed by atoms with E-state index in [1.165, 1.54) is 0 Å². The molecule has 2 amide bonds. The molecule has 166 valence electrons. The average Bonchev–Trinajstić information content (AvgIpc) is 2.79. The van der Waals surface area contributed by atoms with Crippen LogP contribution in [0.15, 0.2) is 48.5 Å². The van der Waals surface area contributed by atoms with E-state index in [1.54, 1.807) is 9.80 Å². The molecule has 2 aromatic carbocycles. The van der Waals surface area contributed by atoms with Crippen molar-refractivity contribution in [3.8, 4) is 5.75 Å². The molecule has 1 heterocycles. The number of benzene rings is 2. The Morgan fingerprint density at radius 3 is 2.55 bits per heavy atom. The molecule has 0 fully saturated rings. The fourth-order valence-electron chi connectivity index (χ4n) is 3.91. The van der Waals surface area contributed by atoms with Crippen LogP contribution in [0, 0.1) is 0 Å². The van der Waals surface area contributed by atoms with Crippen molar-refractivity contribution in [3.05, 3.63) is 59.7 Å². The Bertz CT molecular complexity index is 878. The van der Waals surface area contributed by atoms with Gasteiger partial charge in [-0.15, -0.1) is 0 Å². The molecular formula is C25H34N3O3+.